The minimum atomic E-state index is -2.72. The van der Waals surface area contributed by atoms with Crippen LogP contribution in [0.1, 0.15) is 44.1 Å². The standard InChI is InChI=1S/C27H32ClF3N4O2/c28-21-16-32-26(33-17-21)35-8-3-18(4-9-35)23-13-19(23)5-12-37-22-2-1-20(24(29)15-22)14-25(36)34-10-6-27(30,31)7-11-34/h1-2,15-19,23H,3-14H2/t19-,23?/m1/s1. The number of nitrogens with zero attached hydrogens (tertiary/aromatic N) is 4. The van der Waals surface area contributed by atoms with Gasteiger partial charge in [0.15, 0.2) is 0 Å². The Hall–Kier alpha value is -2.55. The van der Waals surface area contributed by atoms with Crippen LogP contribution < -0.4 is 9.64 Å². The Labute approximate surface area is 220 Å². The number of anilines is 1. The van der Waals surface area contributed by atoms with E-state index in [-0.39, 0.29) is 43.8 Å². The summed E-state index contributed by atoms with van der Waals surface area (Å²) in [5, 5.41) is 0.542. The number of hydrogen-bond donors (Lipinski definition) is 0. The molecule has 3 fully saturated rings. The zero-order valence-corrected chi connectivity index (χ0v) is 21.5. The molecule has 1 aliphatic carbocycles. The van der Waals surface area contributed by atoms with Crippen LogP contribution in [0.15, 0.2) is 30.6 Å². The molecule has 200 valence electrons. The molecule has 1 aromatic carbocycles. The van der Waals surface area contributed by atoms with Gasteiger partial charge in [-0.1, -0.05) is 17.7 Å². The van der Waals surface area contributed by atoms with Crippen molar-refractivity contribution in [3.8, 4) is 5.75 Å². The summed E-state index contributed by atoms with van der Waals surface area (Å²) < 4.78 is 47.0. The summed E-state index contributed by atoms with van der Waals surface area (Å²) in [4.78, 5) is 24.6. The summed E-state index contributed by atoms with van der Waals surface area (Å²) in [6.07, 6.45) is 6.85. The highest BCUT2D eigenvalue weighted by Crippen LogP contribution is 2.49. The number of alkyl halides is 2. The highest BCUT2D eigenvalue weighted by Gasteiger charge is 2.43. The van der Waals surface area contributed by atoms with Crippen LogP contribution in [0, 0.1) is 23.6 Å². The number of rotatable bonds is 8. The maximum absolute atomic E-state index is 14.6. The Bertz CT molecular complexity index is 1090. The number of hydrogen-bond acceptors (Lipinski definition) is 5. The number of likely N-dealkylation sites (tertiary alicyclic amines) is 1. The van der Waals surface area contributed by atoms with Crippen molar-refractivity contribution in [3.05, 3.63) is 47.0 Å². The molecule has 2 aromatic rings. The molecule has 5 rings (SSSR count). The van der Waals surface area contributed by atoms with Crippen LogP contribution in [0.25, 0.3) is 0 Å². The SMILES string of the molecule is O=C(Cc1ccc(OCC[C@@H]2CC2C2CCN(c3ncc(Cl)cn3)CC2)cc1F)N1CCC(F)(F)CC1. The maximum Gasteiger partial charge on any atom is 0.251 e. The maximum atomic E-state index is 14.6. The van der Waals surface area contributed by atoms with E-state index in [1.54, 1.807) is 24.5 Å². The van der Waals surface area contributed by atoms with E-state index in [9.17, 15) is 18.0 Å². The van der Waals surface area contributed by atoms with E-state index in [0.717, 1.165) is 44.2 Å². The van der Waals surface area contributed by atoms with E-state index in [2.05, 4.69) is 14.9 Å². The number of benzene rings is 1. The zero-order valence-electron chi connectivity index (χ0n) is 20.7. The fourth-order valence-electron chi connectivity index (χ4n) is 5.62. The fraction of sp³-hybridized carbons (Fsp3) is 0.593. The Kier molecular flexibility index (Phi) is 7.79. The van der Waals surface area contributed by atoms with E-state index < -0.39 is 11.7 Å². The number of halogens is 4. The van der Waals surface area contributed by atoms with Crippen molar-refractivity contribution < 1.29 is 22.7 Å². The lowest BCUT2D eigenvalue weighted by Crippen LogP contribution is -2.43. The number of carbonyl (C=O) groups excluding carboxylic acids is 1. The molecule has 0 N–H and O–H groups in total. The van der Waals surface area contributed by atoms with Crippen molar-refractivity contribution in [1.29, 1.82) is 0 Å². The highest BCUT2D eigenvalue weighted by molar-refractivity contribution is 6.30. The van der Waals surface area contributed by atoms with E-state index >= 15 is 0 Å². The first-order valence-electron chi connectivity index (χ1n) is 13.1. The van der Waals surface area contributed by atoms with E-state index in [1.165, 1.54) is 17.4 Å². The molecular weight excluding hydrogens is 505 g/mol. The van der Waals surface area contributed by atoms with Gasteiger partial charge in [-0.3, -0.25) is 4.79 Å². The van der Waals surface area contributed by atoms with Crippen LogP contribution in [-0.4, -0.2) is 59.5 Å². The molecule has 0 bridgehead atoms. The number of amides is 1. The van der Waals surface area contributed by atoms with Gasteiger partial charge in [-0.2, -0.15) is 0 Å². The molecule has 1 unspecified atom stereocenters. The van der Waals surface area contributed by atoms with Crippen molar-refractivity contribution in [2.45, 2.75) is 50.9 Å². The van der Waals surface area contributed by atoms with Crippen LogP contribution in [0.3, 0.4) is 0 Å². The van der Waals surface area contributed by atoms with Crippen molar-refractivity contribution >= 4 is 23.5 Å². The molecule has 3 heterocycles. The van der Waals surface area contributed by atoms with Gasteiger partial charge < -0.3 is 14.5 Å². The van der Waals surface area contributed by atoms with Gasteiger partial charge in [-0.15, -0.1) is 0 Å². The number of piperidine rings is 2. The van der Waals surface area contributed by atoms with E-state index in [0.29, 0.717) is 29.2 Å². The second kappa shape index (κ2) is 11.1. The van der Waals surface area contributed by atoms with Gasteiger partial charge in [0.1, 0.15) is 11.6 Å². The number of aromatic nitrogens is 2. The largest absolute Gasteiger partial charge is 0.493 e. The molecule has 2 atom stereocenters. The van der Waals surface area contributed by atoms with Crippen molar-refractivity contribution in [2.24, 2.45) is 17.8 Å². The third-order valence-electron chi connectivity index (χ3n) is 7.98. The Morgan fingerprint density at radius 1 is 1.11 bits per heavy atom. The van der Waals surface area contributed by atoms with Crippen molar-refractivity contribution in [1.82, 2.24) is 14.9 Å². The molecule has 10 heteroatoms. The molecular formula is C27H32ClF3N4O2. The summed E-state index contributed by atoms with van der Waals surface area (Å²) in [7, 11) is 0. The monoisotopic (exact) mass is 536 g/mol. The van der Waals surface area contributed by atoms with Crippen LogP contribution in [0.2, 0.25) is 5.02 Å². The minimum Gasteiger partial charge on any atom is -0.493 e. The molecule has 1 amide bonds. The quantitative estimate of drug-likeness (QED) is 0.453. The first-order chi connectivity index (χ1) is 17.8. The summed E-state index contributed by atoms with van der Waals surface area (Å²) in [6.45, 7) is 2.44. The molecule has 0 spiro atoms. The fourth-order valence-corrected chi connectivity index (χ4v) is 5.72. The third kappa shape index (κ3) is 6.67. The van der Waals surface area contributed by atoms with Crippen LogP contribution in [-0.2, 0) is 11.2 Å². The predicted octanol–water partition coefficient (Wildman–Crippen LogP) is 5.39. The number of carbonyl (C=O) groups is 1. The second-order valence-electron chi connectivity index (χ2n) is 10.5. The van der Waals surface area contributed by atoms with Crippen molar-refractivity contribution in [3.63, 3.8) is 0 Å². The average Bonchev–Trinajstić information content (AvgIpc) is 3.66. The molecule has 1 saturated carbocycles. The molecule has 1 aromatic heterocycles. The van der Waals surface area contributed by atoms with E-state index in [4.69, 9.17) is 16.3 Å². The number of ether oxygens (including phenoxy) is 1. The zero-order chi connectivity index (χ0) is 26.0. The average molecular weight is 537 g/mol. The van der Waals surface area contributed by atoms with Crippen molar-refractivity contribution in [2.75, 3.05) is 37.7 Å². The predicted molar refractivity (Wildman–Crippen MR) is 135 cm³/mol. The molecule has 3 aliphatic rings. The molecule has 37 heavy (non-hydrogen) atoms. The molecule has 6 nitrogen and oxygen atoms in total. The lowest BCUT2D eigenvalue weighted by molar-refractivity contribution is -0.136. The topological polar surface area (TPSA) is 58.6 Å². The van der Waals surface area contributed by atoms with Gasteiger partial charge in [0.25, 0.3) is 5.92 Å². The molecule has 2 aliphatic heterocycles. The lowest BCUT2D eigenvalue weighted by Gasteiger charge is -2.32. The lowest BCUT2D eigenvalue weighted by atomic mass is 9.90. The first kappa shape index (κ1) is 26.1. The molecule has 0 radical (unpaired) electrons. The Morgan fingerprint density at radius 3 is 2.49 bits per heavy atom. The highest BCUT2D eigenvalue weighted by atomic mass is 35.5. The second-order valence-corrected chi connectivity index (χ2v) is 10.9. The summed E-state index contributed by atoms with van der Waals surface area (Å²) in [5.41, 5.74) is 0.257. The van der Waals surface area contributed by atoms with Gasteiger partial charge in [0.2, 0.25) is 11.9 Å². The Balaban J connectivity index is 1.02. The first-order valence-corrected chi connectivity index (χ1v) is 13.4. The third-order valence-corrected chi connectivity index (χ3v) is 8.18. The summed E-state index contributed by atoms with van der Waals surface area (Å²) in [6, 6.07) is 4.54. The molecule has 2 saturated heterocycles. The van der Waals surface area contributed by atoms with Gasteiger partial charge >= 0.3 is 0 Å². The summed E-state index contributed by atoms with van der Waals surface area (Å²) >= 11 is 5.88. The summed E-state index contributed by atoms with van der Waals surface area (Å²) in [5.74, 6) is -0.301. The van der Waals surface area contributed by atoms with Gasteiger partial charge in [0.05, 0.1) is 30.4 Å². The van der Waals surface area contributed by atoms with Crippen LogP contribution in [0.4, 0.5) is 19.1 Å². The van der Waals surface area contributed by atoms with E-state index in [1.807, 2.05) is 0 Å². The minimum absolute atomic E-state index is 0.00663. The van der Waals surface area contributed by atoms with Gasteiger partial charge in [-0.05, 0) is 55.1 Å². The van der Waals surface area contributed by atoms with Crippen LogP contribution >= 0.6 is 11.6 Å². The van der Waals surface area contributed by atoms with Gasteiger partial charge in [-0.25, -0.2) is 23.1 Å². The van der Waals surface area contributed by atoms with Gasteiger partial charge in [0, 0.05) is 45.1 Å². The normalized spacial score (nSPS) is 23.7. The van der Waals surface area contributed by atoms with Crippen LogP contribution in [0.5, 0.6) is 5.75 Å². The Morgan fingerprint density at radius 2 is 1.81 bits per heavy atom. The smallest absolute Gasteiger partial charge is 0.251 e.